The molecule has 0 bridgehead atoms. The summed E-state index contributed by atoms with van der Waals surface area (Å²) in [6, 6.07) is 10.2. The van der Waals surface area contributed by atoms with Crippen LogP contribution in [0.1, 0.15) is 49.5 Å². The fourth-order valence-corrected chi connectivity index (χ4v) is 2.28. The zero-order valence-corrected chi connectivity index (χ0v) is 10.5. The van der Waals surface area contributed by atoms with Gasteiger partial charge in [0.1, 0.15) is 0 Å². The van der Waals surface area contributed by atoms with Crippen molar-refractivity contribution in [3.8, 4) is 0 Å². The maximum Gasteiger partial charge on any atom is 0.243 e. The molecule has 1 fully saturated rings. The van der Waals surface area contributed by atoms with Gasteiger partial charge in [-0.15, -0.1) is 0 Å². The monoisotopic (exact) mass is 243 g/mol. The van der Waals surface area contributed by atoms with Gasteiger partial charge in [-0.2, -0.15) is 4.98 Å². The molecule has 2 aromatic rings. The van der Waals surface area contributed by atoms with Gasteiger partial charge in [-0.25, -0.2) is 0 Å². The van der Waals surface area contributed by atoms with Crippen LogP contribution < -0.4 is 5.73 Å². The Labute approximate surface area is 106 Å². The van der Waals surface area contributed by atoms with Crippen LogP contribution in [0.25, 0.3) is 0 Å². The summed E-state index contributed by atoms with van der Waals surface area (Å²) in [5.74, 6) is 1.34. The summed E-state index contributed by atoms with van der Waals surface area (Å²) in [4.78, 5) is 4.49. The maximum atomic E-state index is 5.91. The van der Waals surface area contributed by atoms with Crippen molar-refractivity contribution in [2.24, 2.45) is 5.73 Å². The van der Waals surface area contributed by atoms with Crippen LogP contribution in [0, 0.1) is 0 Å². The Bertz CT molecular complexity index is 531. The first-order chi connectivity index (χ1) is 8.76. The minimum atomic E-state index is -0.155. The molecule has 4 nitrogen and oxygen atoms in total. The van der Waals surface area contributed by atoms with Crippen molar-refractivity contribution in [1.29, 1.82) is 0 Å². The van der Waals surface area contributed by atoms with Gasteiger partial charge in [0.15, 0.2) is 5.82 Å². The third-order valence-electron chi connectivity index (χ3n) is 3.70. The molecule has 3 rings (SSSR count). The summed E-state index contributed by atoms with van der Waals surface area (Å²) in [6.45, 7) is 2.01. The van der Waals surface area contributed by atoms with Crippen LogP contribution in [0.4, 0.5) is 0 Å². The van der Waals surface area contributed by atoms with E-state index < -0.39 is 0 Å². The number of nitrogens with zero attached hydrogens (tertiary/aromatic N) is 2. The van der Waals surface area contributed by atoms with Crippen molar-refractivity contribution >= 4 is 0 Å². The molecular weight excluding hydrogens is 226 g/mol. The standard InChI is InChI=1S/C14H17N3O/c1-2-11(15)12-16-13(17-18-12)14(8-9-14)10-6-4-3-5-7-10/h3-7,11H,2,8-9,15H2,1H3. The van der Waals surface area contributed by atoms with E-state index in [1.54, 1.807) is 0 Å². The van der Waals surface area contributed by atoms with E-state index >= 15 is 0 Å². The van der Waals surface area contributed by atoms with E-state index in [2.05, 4.69) is 22.3 Å². The molecule has 0 radical (unpaired) electrons. The van der Waals surface area contributed by atoms with Crippen molar-refractivity contribution < 1.29 is 4.52 Å². The van der Waals surface area contributed by atoms with E-state index in [4.69, 9.17) is 10.3 Å². The minimum absolute atomic E-state index is 0.0313. The number of hydrogen-bond donors (Lipinski definition) is 1. The lowest BCUT2D eigenvalue weighted by atomic mass is 9.95. The van der Waals surface area contributed by atoms with E-state index in [1.165, 1.54) is 5.56 Å². The van der Waals surface area contributed by atoms with Gasteiger partial charge in [-0.3, -0.25) is 0 Å². The van der Waals surface area contributed by atoms with Crippen molar-refractivity contribution in [3.05, 3.63) is 47.6 Å². The summed E-state index contributed by atoms with van der Waals surface area (Å²) in [6.07, 6.45) is 2.97. The summed E-state index contributed by atoms with van der Waals surface area (Å²) < 4.78 is 5.28. The van der Waals surface area contributed by atoms with Gasteiger partial charge in [-0.05, 0) is 24.8 Å². The number of nitrogens with two attached hydrogens (primary N) is 1. The quantitative estimate of drug-likeness (QED) is 0.896. The average molecular weight is 243 g/mol. The molecule has 1 aromatic heterocycles. The predicted octanol–water partition coefficient (Wildman–Crippen LogP) is 2.56. The summed E-state index contributed by atoms with van der Waals surface area (Å²) >= 11 is 0. The van der Waals surface area contributed by atoms with Crippen LogP contribution in [0.2, 0.25) is 0 Å². The van der Waals surface area contributed by atoms with Crippen LogP contribution in [0.5, 0.6) is 0 Å². The van der Waals surface area contributed by atoms with Gasteiger partial charge in [0.05, 0.1) is 11.5 Å². The normalized spacial score (nSPS) is 18.6. The lowest BCUT2D eigenvalue weighted by Gasteiger charge is -2.10. The van der Waals surface area contributed by atoms with Crippen molar-refractivity contribution in [3.63, 3.8) is 0 Å². The van der Waals surface area contributed by atoms with Gasteiger partial charge in [-0.1, -0.05) is 42.4 Å². The molecule has 1 unspecified atom stereocenters. The second kappa shape index (κ2) is 4.21. The van der Waals surface area contributed by atoms with Gasteiger partial charge in [0, 0.05) is 0 Å². The smallest absolute Gasteiger partial charge is 0.243 e. The highest BCUT2D eigenvalue weighted by Gasteiger charge is 2.50. The van der Waals surface area contributed by atoms with Crippen molar-refractivity contribution in [1.82, 2.24) is 10.1 Å². The van der Waals surface area contributed by atoms with Crippen LogP contribution in [-0.2, 0) is 5.41 Å². The van der Waals surface area contributed by atoms with Crippen LogP contribution >= 0.6 is 0 Å². The predicted molar refractivity (Wildman–Crippen MR) is 68.0 cm³/mol. The second-order valence-electron chi connectivity index (χ2n) is 4.92. The van der Waals surface area contributed by atoms with Gasteiger partial charge < -0.3 is 10.3 Å². The molecule has 1 aliphatic carbocycles. The average Bonchev–Trinajstić information content (AvgIpc) is 3.10. The molecule has 18 heavy (non-hydrogen) atoms. The lowest BCUT2D eigenvalue weighted by molar-refractivity contribution is 0.346. The van der Waals surface area contributed by atoms with E-state index in [-0.39, 0.29) is 11.5 Å². The molecule has 1 atom stereocenters. The Kier molecular flexibility index (Phi) is 2.67. The Morgan fingerprint density at radius 1 is 1.33 bits per heavy atom. The fraction of sp³-hybridized carbons (Fsp3) is 0.429. The second-order valence-corrected chi connectivity index (χ2v) is 4.92. The molecular formula is C14H17N3O. The number of rotatable bonds is 4. The first kappa shape index (κ1) is 11.4. The Hall–Kier alpha value is -1.68. The molecule has 1 saturated carbocycles. The molecule has 0 amide bonds. The first-order valence-corrected chi connectivity index (χ1v) is 6.41. The van der Waals surface area contributed by atoms with Crippen LogP contribution in [0.3, 0.4) is 0 Å². The zero-order valence-electron chi connectivity index (χ0n) is 10.5. The lowest BCUT2D eigenvalue weighted by Crippen LogP contribution is -2.12. The molecule has 0 aliphatic heterocycles. The summed E-state index contributed by atoms with van der Waals surface area (Å²) in [7, 11) is 0. The SMILES string of the molecule is CCC(N)c1nc(C2(c3ccccc3)CC2)no1. The third-order valence-corrected chi connectivity index (χ3v) is 3.70. The van der Waals surface area contributed by atoms with E-state index in [1.807, 2.05) is 25.1 Å². The van der Waals surface area contributed by atoms with Crippen molar-refractivity contribution in [2.45, 2.75) is 37.6 Å². The van der Waals surface area contributed by atoms with Gasteiger partial charge in [0.2, 0.25) is 5.89 Å². The molecule has 1 aromatic carbocycles. The number of hydrogen-bond acceptors (Lipinski definition) is 4. The minimum Gasteiger partial charge on any atom is -0.338 e. The number of aromatic nitrogens is 2. The molecule has 1 heterocycles. The molecule has 4 heteroatoms. The zero-order chi connectivity index (χ0) is 12.6. The van der Waals surface area contributed by atoms with Gasteiger partial charge in [0.25, 0.3) is 0 Å². The first-order valence-electron chi connectivity index (χ1n) is 6.41. The van der Waals surface area contributed by atoms with Crippen molar-refractivity contribution in [2.75, 3.05) is 0 Å². The van der Waals surface area contributed by atoms with E-state index in [0.717, 1.165) is 25.1 Å². The third kappa shape index (κ3) is 1.73. The van der Waals surface area contributed by atoms with E-state index in [9.17, 15) is 0 Å². The highest BCUT2D eigenvalue weighted by molar-refractivity contribution is 5.38. The van der Waals surface area contributed by atoms with Crippen LogP contribution in [-0.4, -0.2) is 10.1 Å². The Morgan fingerprint density at radius 3 is 2.67 bits per heavy atom. The van der Waals surface area contributed by atoms with Gasteiger partial charge >= 0.3 is 0 Å². The molecule has 0 spiro atoms. The molecule has 94 valence electrons. The molecule has 0 saturated heterocycles. The Morgan fingerprint density at radius 2 is 2.06 bits per heavy atom. The summed E-state index contributed by atoms with van der Waals surface area (Å²) in [5.41, 5.74) is 7.15. The molecule has 1 aliphatic rings. The topological polar surface area (TPSA) is 64.9 Å². The summed E-state index contributed by atoms with van der Waals surface area (Å²) in [5, 5.41) is 4.13. The van der Waals surface area contributed by atoms with E-state index in [0.29, 0.717) is 5.89 Å². The highest BCUT2D eigenvalue weighted by atomic mass is 16.5. The maximum absolute atomic E-state index is 5.91. The fourth-order valence-electron chi connectivity index (χ4n) is 2.28. The van der Waals surface area contributed by atoms with Crippen LogP contribution in [0.15, 0.2) is 34.9 Å². The number of benzene rings is 1. The largest absolute Gasteiger partial charge is 0.338 e. The highest BCUT2D eigenvalue weighted by Crippen LogP contribution is 2.52. The molecule has 2 N–H and O–H groups in total. The Balaban J connectivity index is 1.93.